The summed E-state index contributed by atoms with van der Waals surface area (Å²) < 4.78 is 32.7. The van der Waals surface area contributed by atoms with E-state index in [1.165, 1.54) is 17.9 Å². The van der Waals surface area contributed by atoms with Gasteiger partial charge in [0.1, 0.15) is 23.4 Å². The highest BCUT2D eigenvalue weighted by molar-refractivity contribution is 7.91. The van der Waals surface area contributed by atoms with E-state index < -0.39 is 50.8 Å². The van der Waals surface area contributed by atoms with Crippen molar-refractivity contribution in [1.82, 2.24) is 20.3 Å². The second-order valence-corrected chi connectivity index (χ2v) is 16.9. The lowest BCUT2D eigenvalue weighted by atomic mass is 9.83. The van der Waals surface area contributed by atoms with Crippen molar-refractivity contribution in [2.75, 3.05) is 13.2 Å². The average molecular weight is 751 g/mol. The van der Waals surface area contributed by atoms with Crippen LogP contribution in [0.15, 0.2) is 55.6 Å². The third kappa shape index (κ3) is 9.98. The number of benzene rings is 2. The van der Waals surface area contributed by atoms with E-state index in [0.29, 0.717) is 45.1 Å². The number of aromatic hydroxyl groups is 1. The number of fused-ring (bicyclic) bond motifs is 1. The van der Waals surface area contributed by atoms with Crippen molar-refractivity contribution < 1.29 is 37.4 Å². The van der Waals surface area contributed by atoms with Gasteiger partial charge in [-0.2, -0.15) is 0 Å². The summed E-state index contributed by atoms with van der Waals surface area (Å²) in [6, 6.07) is 9.66. The molecule has 0 spiro atoms. The van der Waals surface area contributed by atoms with Crippen LogP contribution >= 0.6 is 0 Å². The first kappa shape index (κ1) is 39.8. The molecule has 3 atom stereocenters. The van der Waals surface area contributed by atoms with E-state index in [1.807, 2.05) is 30.3 Å². The molecule has 4 N–H and O–H groups in total. The highest BCUT2D eigenvalue weighted by atomic mass is 32.2. The van der Waals surface area contributed by atoms with Gasteiger partial charge in [0.25, 0.3) is 5.91 Å². The molecule has 4 amide bonds. The number of carbonyl (C=O) groups is 4. The fourth-order valence-corrected chi connectivity index (χ4v) is 8.99. The van der Waals surface area contributed by atoms with Crippen LogP contribution in [0.3, 0.4) is 0 Å². The van der Waals surface area contributed by atoms with Crippen molar-refractivity contribution in [2.45, 2.75) is 120 Å². The maximum absolute atomic E-state index is 14.2. The van der Waals surface area contributed by atoms with Gasteiger partial charge < -0.3 is 25.4 Å². The standard InChI is InChI=1S/C40H54N4O8S/c1-4-24-40(3,38(48)43-53(50,51)30-21-22-30)42-36(46)32-19-13-25-44(32)37(47)35(29-16-8-5-9-17-29)41-39(49)52-26-12-6-7-14-27(2)34-31-18-11-10-15-28(31)20-23-33(34)45/h4,10-11,15,18,20,23,29-30,32,35,45H,1-2,5-9,12-14,16-17,19,21-22,24-26H2,3H3,(H,41,49)(H,42,46)(H,43,48)/t32-,35-,40+/m0/s1. The van der Waals surface area contributed by atoms with Crippen molar-refractivity contribution >= 4 is 50.2 Å². The number of likely N-dealkylation sites (tertiary alicyclic amines) is 1. The fraction of sp³-hybridized carbons (Fsp3) is 0.550. The van der Waals surface area contributed by atoms with Gasteiger partial charge in [0, 0.05) is 12.1 Å². The predicted molar refractivity (Wildman–Crippen MR) is 204 cm³/mol. The third-order valence-electron chi connectivity index (χ3n) is 10.8. The first-order valence-electron chi connectivity index (χ1n) is 19.0. The Hall–Kier alpha value is -4.39. The van der Waals surface area contributed by atoms with Crippen molar-refractivity contribution in [2.24, 2.45) is 5.92 Å². The molecule has 1 saturated heterocycles. The maximum Gasteiger partial charge on any atom is 0.407 e. The van der Waals surface area contributed by atoms with Gasteiger partial charge in [0.15, 0.2) is 0 Å². The van der Waals surface area contributed by atoms with Gasteiger partial charge in [-0.1, -0.05) is 62.2 Å². The number of ether oxygens (including phenoxy) is 1. The zero-order valence-corrected chi connectivity index (χ0v) is 31.6. The number of phenols is 1. The first-order valence-corrected chi connectivity index (χ1v) is 20.5. The Labute approximate surface area is 312 Å². The number of phenolic OH excluding ortho intramolecular Hbond substituents is 1. The summed E-state index contributed by atoms with van der Waals surface area (Å²) in [5, 5.41) is 17.5. The zero-order chi connectivity index (χ0) is 38.2. The van der Waals surface area contributed by atoms with E-state index in [4.69, 9.17) is 4.74 Å². The molecule has 2 aliphatic carbocycles. The number of sulfonamides is 1. The van der Waals surface area contributed by atoms with Crippen molar-refractivity contribution in [3.8, 4) is 5.75 Å². The zero-order valence-electron chi connectivity index (χ0n) is 30.7. The van der Waals surface area contributed by atoms with E-state index in [9.17, 15) is 32.7 Å². The number of nitrogens with one attached hydrogen (secondary N) is 3. The average Bonchev–Trinajstić information content (AvgIpc) is 3.89. The molecule has 0 unspecified atom stereocenters. The number of hydrogen-bond acceptors (Lipinski definition) is 8. The maximum atomic E-state index is 14.2. The highest BCUT2D eigenvalue weighted by Gasteiger charge is 2.45. The molecule has 0 bridgehead atoms. The van der Waals surface area contributed by atoms with Gasteiger partial charge in [-0.25, -0.2) is 13.2 Å². The molecular weight excluding hydrogens is 697 g/mol. The number of allylic oxidation sites excluding steroid dienone is 1. The molecule has 288 valence electrons. The number of amides is 4. The molecule has 5 rings (SSSR count). The molecular formula is C40H54N4O8S. The number of carbonyl (C=O) groups excluding carboxylic acids is 4. The minimum absolute atomic E-state index is 0.0218. The van der Waals surface area contributed by atoms with E-state index in [0.717, 1.165) is 66.9 Å². The van der Waals surface area contributed by atoms with E-state index >= 15 is 0 Å². The number of hydrogen-bond donors (Lipinski definition) is 4. The number of nitrogens with zero attached hydrogens (tertiary/aromatic N) is 1. The Morgan fingerprint density at radius 3 is 2.45 bits per heavy atom. The van der Waals surface area contributed by atoms with Gasteiger partial charge in [0.2, 0.25) is 21.8 Å². The molecule has 53 heavy (non-hydrogen) atoms. The van der Waals surface area contributed by atoms with Crippen LogP contribution in [-0.2, 0) is 29.1 Å². The smallest absolute Gasteiger partial charge is 0.407 e. The summed E-state index contributed by atoms with van der Waals surface area (Å²) in [5.41, 5.74) is -0.00489. The fourth-order valence-electron chi connectivity index (χ4n) is 7.59. The molecule has 2 saturated carbocycles. The molecule has 12 nitrogen and oxygen atoms in total. The summed E-state index contributed by atoms with van der Waals surface area (Å²) in [5.74, 6) is -1.71. The Morgan fingerprint density at radius 2 is 1.74 bits per heavy atom. The van der Waals surface area contributed by atoms with Crippen LogP contribution in [0.5, 0.6) is 5.75 Å². The Balaban J connectivity index is 1.15. The lowest BCUT2D eigenvalue weighted by Crippen LogP contribution is -2.62. The minimum Gasteiger partial charge on any atom is -0.507 e. The Bertz CT molecular complexity index is 1800. The summed E-state index contributed by atoms with van der Waals surface area (Å²) in [4.78, 5) is 55.6. The van der Waals surface area contributed by atoms with Gasteiger partial charge in [-0.15, -0.1) is 6.58 Å². The summed E-state index contributed by atoms with van der Waals surface area (Å²) in [6.07, 6.45) is 9.84. The van der Waals surface area contributed by atoms with E-state index in [-0.39, 0.29) is 30.6 Å². The van der Waals surface area contributed by atoms with Crippen LogP contribution in [-0.4, -0.2) is 78.3 Å². The summed E-state index contributed by atoms with van der Waals surface area (Å²) in [7, 11) is -3.85. The first-order chi connectivity index (χ1) is 25.3. The molecule has 3 aliphatic rings. The van der Waals surface area contributed by atoms with Crippen LogP contribution in [0.1, 0.15) is 102 Å². The molecule has 0 aromatic heterocycles. The lowest BCUT2D eigenvalue weighted by molar-refractivity contribution is -0.142. The second-order valence-electron chi connectivity index (χ2n) is 14.9. The monoisotopic (exact) mass is 750 g/mol. The SMILES string of the molecule is C=CC[C@@](C)(NC(=O)[C@@H]1CCCN1C(=O)[C@@H](NC(=O)OCCCCCC(=C)c1c(O)ccc2ccccc12)C1CCCCC1)C(=O)NS(=O)(=O)C1CC1. The molecule has 2 aromatic carbocycles. The second kappa shape index (κ2) is 17.6. The molecule has 3 fully saturated rings. The molecule has 13 heteroatoms. The van der Waals surface area contributed by atoms with Gasteiger partial charge in [0.05, 0.1) is 11.9 Å². The number of alkyl carbamates (subject to hydrolysis) is 1. The summed E-state index contributed by atoms with van der Waals surface area (Å²) >= 11 is 0. The van der Waals surface area contributed by atoms with Crippen molar-refractivity contribution in [1.29, 1.82) is 0 Å². The van der Waals surface area contributed by atoms with Crippen molar-refractivity contribution in [3.63, 3.8) is 0 Å². The van der Waals surface area contributed by atoms with Gasteiger partial charge in [-0.05, 0) is 106 Å². The van der Waals surface area contributed by atoms with Crippen LogP contribution < -0.4 is 15.4 Å². The molecule has 1 aliphatic heterocycles. The normalized spacial score (nSPS) is 19.5. The molecule has 2 aromatic rings. The highest BCUT2D eigenvalue weighted by Crippen LogP contribution is 2.35. The van der Waals surface area contributed by atoms with Gasteiger partial charge in [-0.3, -0.25) is 19.1 Å². The number of unbranched alkanes of at least 4 members (excludes halogenated alkanes) is 2. The third-order valence-corrected chi connectivity index (χ3v) is 12.6. The van der Waals surface area contributed by atoms with Crippen molar-refractivity contribution in [3.05, 3.63) is 61.2 Å². The van der Waals surface area contributed by atoms with Gasteiger partial charge >= 0.3 is 6.09 Å². The topological polar surface area (TPSA) is 171 Å². The Morgan fingerprint density at radius 1 is 1.00 bits per heavy atom. The van der Waals surface area contributed by atoms with E-state index in [2.05, 4.69) is 28.5 Å². The Kier molecular flexibility index (Phi) is 13.2. The lowest BCUT2D eigenvalue weighted by Gasteiger charge is -2.35. The van der Waals surface area contributed by atoms with Crippen LogP contribution in [0.25, 0.3) is 16.3 Å². The largest absolute Gasteiger partial charge is 0.507 e. The van der Waals surface area contributed by atoms with Crippen LogP contribution in [0, 0.1) is 5.92 Å². The van der Waals surface area contributed by atoms with Crippen LogP contribution in [0.2, 0.25) is 0 Å². The van der Waals surface area contributed by atoms with E-state index in [1.54, 1.807) is 6.07 Å². The predicted octanol–water partition coefficient (Wildman–Crippen LogP) is 5.84. The minimum atomic E-state index is -3.85. The summed E-state index contributed by atoms with van der Waals surface area (Å²) in [6.45, 7) is 9.81. The van der Waals surface area contributed by atoms with Crippen LogP contribution in [0.4, 0.5) is 4.79 Å². The molecule has 0 radical (unpaired) electrons. The number of rotatable bonds is 17. The molecule has 1 heterocycles. The quantitative estimate of drug-likeness (QED) is 0.115.